The van der Waals surface area contributed by atoms with Crippen LogP contribution in [0.25, 0.3) is 0 Å². The van der Waals surface area contributed by atoms with Crippen molar-refractivity contribution >= 4 is 11.9 Å². The molecular formula is C12H15NO5. The molecule has 1 amide bonds. The van der Waals surface area contributed by atoms with Crippen molar-refractivity contribution < 1.29 is 23.8 Å². The Balaban J connectivity index is 2.50. The van der Waals surface area contributed by atoms with Crippen LogP contribution in [-0.2, 0) is 14.3 Å². The number of carbonyl (C=O) groups excluding carboxylic acids is 2. The van der Waals surface area contributed by atoms with Crippen LogP contribution in [0.3, 0.4) is 0 Å². The maximum absolute atomic E-state index is 11.3. The lowest BCUT2D eigenvalue weighted by Crippen LogP contribution is -2.32. The summed E-state index contributed by atoms with van der Waals surface area (Å²) in [5.41, 5.74) is 4.96. The molecular weight excluding hydrogens is 238 g/mol. The Morgan fingerprint density at radius 1 is 1.28 bits per heavy atom. The van der Waals surface area contributed by atoms with Gasteiger partial charge in [0.2, 0.25) is 0 Å². The number of ether oxygens (including phenoxy) is 3. The molecule has 1 aromatic carbocycles. The van der Waals surface area contributed by atoms with E-state index in [4.69, 9.17) is 19.9 Å². The van der Waals surface area contributed by atoms with Crippen molar-refractivity contribution in [3.63, 3.8) is 0 Å². The summed E-state index contributed by atoms with van der Waals surface area (Å²) in [7, 11) is 1.50. The normalized spacial score (nSPS) is 11.4. The molecule has 1 atom stereocenters. The standard InChI is InChI=1S/C12H15NO5/c1-8(12(13)15)18-11(14)7-17-10-6-4-3-5-9(10)16-2/h3-6,8H,7H2,1-2H3,(H2,13,15)/t8-/m0/s1. The second kappa shape index (κ2) is 6.48. The van der Waals surface area contributed by atoms with Gasteiger partial charge >= 0.3 is 5.97 Å². The summed E-state index contributed by atoms with van der Waals surface area (Å²) >= 11 is 0. The predicted molar refractivity (Wildman–Crippen MR) is 63.2 cm³/mol. The molecule has 0 heterocycles. The van der Waals surface area contributed by atoms with Gasteiger partial charge in [0, 0.05) is 0 Å². The van der Waals surface area contributed by atoms with Crippen molar-refractivity contribution in [3.8, 4) is 11.5 Å². The average Bonchev–Trinajstić information content (AvgIpc) is 2.36. The first-order valence-corrected chi connectivity index (χ1v) is 5.29. The van der Waals surface area contributed by atoms with Gasteiger partial charge in [-0.3, -0.25) is 4.79 Å². The van der Waals surface area contributed by atoms with Crippen LogP contribution in [-0.4, -0.2) is 31.7 Å². The molecule has 0 aromatic heterocycles. The number of nitrogens with two attached hydrogens (primary N) is 1. The molecule has 6 nitrogen and oxygen atoms in total. The Morgan fingerprint density at radius 2 is 1.89 bits per heavy atom. The van der Waals surface area contributed by atoms with Gasteiger partial charge in [-0.25, -0.2) is 4.79 Å². The fourth-order valence-corrected chi connectivity index (χ4v) is 1.16. The Bertz CT molecular complexity index is 432. The Labute approximate surface area is 105 Å². The maximum atomic E-state index is 11.3. The van der Waals surface area contributed by atoms with Crippen LogP contribution in [0.4, 0.5) is 0 Å². The van der Waals surface area contributed by atoms with Gasteiger partial charge in [-0.1, -0.05) is 12.1 Å². The molecule has 0 spiro atoms. The van der Waals surface area contributed by atoms with E-state index in [2.05, 4.69) is 0 Å². The third-order valence-electron chi connectivity index (χ3n) is 2.12. The zero-order valence-electron chi connectivity index (χ0n) is 10.2. The van der Waals surface area contributed by atoms with Crippen molar-refractivity contribution in [2.75, 3.05) is 13.7 Å². The van der Waals surface area contributed by atoms with Gasteiger partial charge in [-0.15, -0.1) is 0 Å². The molecule has 0 radical (unpaired) electrons. The van der Waals surface area contributed by atoms with E-state index in [0.717, 1.165) is 0 Å². The van der Waals surface area contributed by atoms with Crippen molar-refractivity contribution in [2.45, 2.75) is 13.0 Å². The lowest BCUT2D eigenvalue weighted by molar-refractivity contribution is -0.155. The fourth-order valence-electron chi connectivity index (χ4n) is 1.16. The molecule has 98 valence electrons. The first kappa shape index (κ1) is 13.8. The summed E-state index contributed by atoms with van der Waals surface area (Å²) in [6.07, 6.45) is -0.973. The first-order valence-electron chi connectivity index (χ1n) is 5.29. The van der Waals surface area contributed by atoms with Gasteiger partial charge < -0.3 is 19.9 Å². The molecule has 0 aliphatic heterocycles. The highest BCUT2D eigenvalue weighted by molar-refractivity contribution is 5.82. The van der Waals surface area contributed by atoms with Crippen LogP contribution in [0.5, 0.6) is 11.5 Å². The van der Waals surface area contributed by atoms with Crippen LogP contribution in [0.2, 0.25) is 0 Å². The summed E-state index contributed by atoms with van der Waals surface area (Å²) in [5, 5.41) is 0. The van der Waals surface area contributed by atoms with E-state index >= 15 is 0 Å². The second-order valence-corrected chi connectivity index (χ2v) is 3.47. The number of methoxy groups -OCH3 is 1. The number of para-hydroxylation sites is 2. The molecule has 0 unspecified atom stereocenters. The highest BCUT2D eigenvalue weighted by atomic mass is 16.6. The molecule has 0 saturated carbocycles. The smallest absolute Gasteiger partial charge is 0.344 e. The number of hydrogen-bond donors (Lipinski definition) is 1. The SMILES string of the molecule is COc1ccccc1OCC(=O)O[C@@H](C)C(N)=O. The van der Waals surface area contributed by atoms with Gasteiger partial charge in [0.15, 0.2) is 24.2 Å². The van der Waals surface area contributed by atoms with Crippen molar-refractivity contribution in [3.05, 3.63) is 24.3 Å². The summed E-state index contributed by atoms with van der Waals surface area (Å²) in [6, 6.07) is 6.88. The van der Waals surface area contributed by atoms with Crippen LogP contribution < -0.4 is 15.2 Å². The Morgan fingerprint density at radius 3 is 2.44 bits per heavy atom. The minimum atomic E-state index is -0.973. The predicted octanol–water partition coefficient (Wildman–Crippen LogP) is 0.491. The minimum absolute atomic E-state index is 0.321. The second-order valence-electron chi connectivity index (χ2n) is 3.47. The minimum Gasteiger partial charge on any atom is -0.493 e. The fraction of sp³-hybridized carbons (Fsp3) is 0.333. The maximum Gasteiger partial charge on any atom is 0.344 e. The van der Waals surface area contributed by atoms with E-state index in [0.29, 0.717) is 11.5 Å². The van der Waals surface area contributed by atoms with Gasteiger partial charge in [0.05, 0.1) is 7.11 Å². The lowest BCUT2D eigenvalue weighted by atomic mass is 10.3. The number of amides is 1. The van der Waals surface area contributed by atoms with Crippen LogP contribution in [0.15, 0.2) is 24.3 Å². The molecule has 18 heavy (non-hydrogen) atoms. The number of carbonyl (C=O) groups is 2. The molecule has 1 aromatic rings. The largest absolute Gasteiger partial charge is 0.493 e. The number of hydrogen-bond acceptors (Lipinski definition) is 5. The first-order chi connectivity index (χ1) is 8.54. The number of rotatable bonds is 6. The van der Waals surface area contributed by atoms with Crippen LogP contribution in [0.1, 0.15) is 6.92 Å². The van der Waals surface area contributed by atoms with Crippen molar-refractivity contribution in [1.82, 2.24) is 0 Å². The molecule has 0 saturated heterocycles. The summed E-state index contributed by atoms with van der Waals surface area (Å²) in [5.74, 6) is -0.454. The highest BCUT2D eigenvalue weighted by Gasteiger charge is 2.15. The summed E-state index contributed by atoms with van der Waals surface area (Å²) in [4.78, 5) is 22.0. The third-order valence-corrected chi connectivity index (χ3v) is 2.12. The van der Waals surface area contributed by atoms with Gasteiger partial charge in [-0.2, -0.15) is 0 Å². The van der Waals surface area contributed by atoms with E-state index in [1.165, 1.54) is 14.0 Å². The van der Waals surface area contributed by atoms with Crippen molar-refractivity contribution in [2.24, 2.45) is 5.73 Å². The van der Waals surface area contributed by atoms with Crippen LogP contribution >= 0.6 is 0 Å². The van der Waals surface area contributed by atoms with Crippen LogP contribution in [0, 0.1) is 0 Å². The zero-order valence-corrected chi connectivity index (χ0v) is 10.2. The molecule has 0 fully saturated rings. The highest BCUT2D eigenvalue weighted by Crippen LogP contribution is 2.25. The monoisotopic (exact) mass is 253 g/mol. The average molecular weight is 253 g/mol. The van der Waals surface area contributed by atoms with E-state index < -0.39 is 18.0 Å². The van der Waals surface area contributed by atoms with Gasteiger partial charge in [-0.05, 0) is 19.1 Å². The third kappa shape index (κ3) is 3.97. The molecule has 0 bridgehead atoms. The Hall–Kier alpha value is -2.24. The molecule has 0 aliphatic carbocycles. The number of benzene rings is 1. The van der Waals surface area contributed by atoms with Gasteiger partial charge in [0.25, 0.3) is 5.91 Å². The molecule has 2 N–H and O–H groups in total. The van der Waals surface area contributed by atoms with Gasteiger partial charge in [0.1, 0.15) is 0 Å². The van der Waals surface area contributed by atoms with E-state index in [9.17, 15) is 9.59 Å². The van der Waals surface area contributed by atoms with E-state index in [1.54, 1.807) is 24.3 Å². The van der Waals surface area contributed by atoms with E-state index in [-0.39, 0.29) is 6.61 Å². The molecule has 0 aliphatic rings. The number of primary amides is 1. The Kier molecular flexibility index (Phi) is 4.98. The molecule has 6 heteroatoms. The number of esters is 1. The van der Waals surface area contributed by atoms with Crippen molar-refractivity contribution in [1.29, 1.82) is 0 Å². The zero-order chi connectivity index (χ0) is 13.5. The topological polar surface area (TPSA) is 87.8 Å². The lowest BCUT2D eigenvalue weighted by Gasteiger charge is -2.12. The van der Waals surface area contributed by atoms with E-state index in [1.807, 2.05) is 0 Å². The molecule has 1 rings (SSSR count). The summed E-state index contributed by atoms with van der Waals surface area (Å²) in [6.45, 7) is 1.07. The quantitative estimate of drug-likeness (QED) is 0.745. The summed E-state index contributed by atoms with van der Waals surface area (Å²) < 4.78 is 15.0.